The lowest BCUT2D eigenvalue weighted by Gasteiger charge is -2.24. The summed E-state index contributed by atoms with van der Waals surface area (Å²) in [7, 11) is -2.50. The lowest BCUT2D eigenvalue weighted by molar-refractivity contribution is 0.0730. The van der Waals surface area contributed by atoms with Crippen molar-refractivity contribution in [3.05, 3.63) is 81.8 Å². The standard InChI is InChI=1S/C24H27FN2O4S2/c1-4-27(5-2)33(29,30)23-15-18(12-13-21(23)25)24(28)26(17-20-10-8-14-32-20)16-19-9-6-7-11-22(19)31-3/h6-15H,4-5,16-17H2,1-3H3. The maximum atomic E-state index is 14.6. The number of halogens is 1. The lowest BCUT2D eigenvalue weighted by Crippen LogP contribution is -2.32. The Morgan fingerprint density at radius 1 is 1.03 bits per heavy atom. The highest BCUT2D eigenvalue weighted by atomic mass is 32.2. The zero-order valence-electron chi connectivity index (χ0n) is 18.8. The van der Waals surface area contributed by atoms with Crippen LogP contribution < -0.4 is 4.74 Å². The van der Waals surface area contributed by atoms with Gasteiger partial charge in [-0.05, 0) is 35.7 Å². The fraction of sp³-hybridized carbons (Fsp3) is 0.292. The number of rotatable bonds is 10. The average molecular weight is 491 g/mol. The van der Waals surface area contributed by atoms with Crippen molar-refractivity contribution in [2.45, 2.75) is 31.8 Å². The number of thiophene rings is 1. The molecule has 0 unspecified atom stereocenters. The molecule has 0 fully saturated rings. The molecule has 0 radical (unpaired) electrons. The zero-order valence-corrected chi connectivity index (χ0v) is 20.5. The summed E-state index contributed by atoms with van der Waals surface area (Å²) in [4.78, 5) is 15.6. The van der Waals surface area contributed by atoms with E-state index in [1.54, 1.807) is 25.9 Å². The first-order valence-electron chi connectivity index (χ1n) is 10.5. The molecule has 2 aromatic carbocycles. The number of amides is 1. The normalized spacial score (nSPS) is 11.5. The predicted octanol–water partition coefficient (Wildman–Crippen LogP) is 4.77. The third-order valence-corrected chi connectivity index (χ3v) is 8.20. The molecule has 0 aliphatic carbocycles. The quantitative estimate of drug-likeness (QED) is 0.411. The van der Waals surface area contributed by atoms with Crippen molar-refractivity contribution in [2.75, 3.05) is 20.2 Å². The maximum absolute atomic E-state index is 14.6. The van der Waals surface area contributed by atoms with Gasteiger partial charge in [0, 0.05) is 29.1 Å². The summed E-state index contributed by atoms with van der Waals surface area (Å²) >= 11 is 1.52. The van der Waals surface area contributed by atoms with Crippen LogP contribution in [0.3, 0.4) is 0 Å². The van der Waals surface area contributed by atoms with Gasteiger partial charge in [-0.2, -0.15) is 4.31 Å². The van der Waals surface area contributed by atoms with E-state index in [2.05, 4.69) is 0 Å². The van der Waals surface area contributed by atoms with Gasteiger partial charge in [-0.3, -0.25) is 4.79 Å². The molecule has 1 heterocycles. The molecule has 0 aliphatic rings. The minimum absolute atomic E-state index is 0.105. The van der Waals surface area contributed by atoms with Gasteiger partial charge in [-0.1, -0.05) is 38.1 Å². The molecule has 0 spiro atoms. The zero-order chi connectivity index (χ0) is 24.0. The second-order valence-corrected chi connectivity index (χ2v) is 10.2. The third kappa shape index (κ3) is 5.61. The Bertz CT molecular complexity index is 1190. The number of nitrogens with zero attached hydrogens (tertiary/aromatic N) is 2. The van der Waals surface area contributed by atoms with E-state index in [1.165, 1.54) is 17.4 Å². The number of sulfonamides is 1. The summed E-state index contributed by atoms with van der Waals surface area (Å²) in [6.07, 6.45) is 0. The number of hydrogen-bond acceptors (Lipinski definition) is 5. The molecule has 0 saturated carbocycles. The van der Waals surface area contributed by atoms with E-state index in [0.29, 0.717) is 12.3 Å². The Morgan fingerprint density at radius 2 is 1.76 bits per heavy atom. The van der Waals surface area contributed by atoms with E-state index >= 15 is 0 Å². The minimum atomic E-state index is -4.06. The highest BCUT2D eigenvalue weighted by Gasteiger charge is 2.28. The summed E-state index contributed by atoms with van der Waals surface area (Å²) in [5.41, 5.74) is 0.914. The van der Waals surface area contributed by atoms with E-state index < -0.39 is 26.6 Å². The van der Waals surface area contributed by atoms with E-state index in [0.717, 1.165) is 26.9 Å². The summed E-state index contributed by atoms with van der Waals surface area (Å²) in [6.45, 7) is 4.34. The topological polar surface area (TPSA) is 66.9 Å². The van der Waals surface area contributed by atoms with Gasteiger partial charge < -0.3 is 9.64 Å². The van der Waals surface area contributed by atoms with Crippen LogP contribution in [0.1, 0.15) is 34.6 Å². The van der Waals surface area contributed by atoms with Gasteiger partial charge >= 0.3 is 0 Å². The largest absolute Gasteiger partial charge is 0.496 e. The summed E-state index contributed by atoms with van der Waals surface area (Å²) in [5.74, 6) is -0.635. The van der Waals surface area contributed by atoms with Crippen LogP contribution in [-0.4, -0.2) is 43.7 Å². The molecular weight excluding hydrogens is 463 g/mol. The van der Waals surface area contributed by atoms with Crippen LogP contribution in [0.25, 0.3) is 0 Å². The van der Waals surface area contributed by atoms with E-state index in [9.17, 15) is 17.6 Å². The Morgan fingerprint density at radius 3 is 2.39 bits per heavy atom. The fourth-order valence-electron chi connectivity index (χ4n) is 3.55. The molecule has 1 aromatic heterocycles. The van der Waals surface area contributed by atoms with Crippen LogP contribution in [0.5, 0.6) is 5.75 Å². The van der Waals surface area contributed by atoms with Crippen molar-refractivity contribution < 1.29 is 22.3 Å². The van der Waals surface area contributed by atoms with Crippen molar-refractivity contribution in [1.29, 1.82) is 0 Å². The van der Waals surface area contributed by atoms with Crippen LogP contribution in [0.15, 0.2) is 64.9 Å². The fourth-order valence-corrected chi connectivity index (χ4v) is 5.82. The smallest absolute Gasteiger partial charge is 0.254 e. The first-order valence-corrected chi connectivity index (χ1v) is 12.9. The maximum Gasteiger partial charge on any atom is 0.254 e. The Balaban J connectivity index is 2.00. The molecule has 0 atom stereocenters. The molecule has 3 aromatic rings. The lowest BCUT2D eigenvalue weighted by atomic mass is 10.1. The van der Waals surface area contributed by atoms with Gasteiger partial charge in [-0.15, -0.1) is 11.3 Å². The van der Waals surface area contributed by atoms with Crippen LogP contribution in [-0.2, 0) is 23.1 Å². The second-order valence-electron chi connectivity index (χ2n) is 7.29. The minimum Gasteiger partial charge on any atom is -0.496 e. The number of hydrogen-bond donors (Lipinski definition) is 0. The van der Waals surface area contributed by atoms with Crippen molar-refractivity contribution in [2.24, 2.45) is 0 Å². The van der Waals surface area contributed by atoms with Gasteiger partial charge in [0.2, 0.25) is 10.0 Å². The monoisotopic (exact) mass is 490 g/mol. The molecule has 3 rings (SSSR count). The number of benzene rings is 2. The first-order chi connectivity index (χ1) is 15.8. The number of para-hydroxylation sites is 1. The molecule has 1 amide bonds. The van der Waals surface area contributed by atoms with Crippen LogP contribution >= 0.6 is 11.3 Å². The van der Waals surface area contributed by atoms with E-state index in [4.69, 9.17) is 4.74 Å². The van der Waals surface area contributed by atoms with Crippen LogP contribution in [0, 0.1) is 5.82 Å². The number of methoxy groups -OCH3 is 1. The second kappa shape index (κ2) is 10.9. The molecule has 0 N–H and O–H groups in total. The van der Waals surface area contributed by atoms with Gasteiger partial charge in [-0.25, -0.2) is 12.8 Å². The highest BCUT2D eigenvalue weighted by Crippen LogP contribution is 2.25. The Labute approximate surface area is 198 Å². The summed E-state index contributed by atoms with van der Waals surface area (Å²) in [5, 5.41) is 1.92. The molecule has 0 bridgehead atoms. The van der Waals surface area contributed by atoms with E-state index in [1.807, 2.05) is 41.8 Å². The van der Waals surface area contributed by atoms with Gasteiger partial charge in [0.15, 0.2) is 0 Å². The van der Waals surface area contributed by atoms with Crippen LogP contribution in [0.4, 0.5) is 4.39 Å². The molecule has 176 valence electrons. The molecule has 6 nitrogen and oxygen atoms in total. The third-order valence-electron chi connectivity index (χ3n) is 5.27. The average Bonchev–Trinajstić information content (AvgIpc) is 3.32. The Kier molecular flexibility index (Phi) is 8.23. The Hall–Kier alpha value is -2.75. The van der Waals surface area contributed by atoms with Crippen molar-refractivity contribution in [1.82, 2.24) is 9.21 Å². The number of carbonyl (C=O) groups excluding carboxylic acids is 1. The van der Waals surface area contributed by atoms with Gasteiger partial charge in [0.05, 0.1) is 20.2 Å². The molecular formula is C24H27FN2O4S2. The summed E-state index contributed by atoms with van der Waals surface area (Å²) < 4.78 is 47.0. The molecule has 33 heavy (non-hydrogen) atoms. The molecule has 0 saturated heterocycles. The van der Waals surface area contributed by atoms with Crippen LogP contribution in [0.2, 0.25) is 0 Å². The number of carbonyl (C=O) groups is 1. The predicted molar refractivity (Wildman–Crippen MR) is 127 cm³/mol. The van der Waals surface area contributed by atoms with Crippen molar-refractivity contribution >= 4 is 27.3 Å². The van der Waals surface area contributed by atoms with E-state index in [-0.39, 0.29) is 25.2 Å². The van der Waals surface area contributed by atoms with Gasteiger partial charge in [0.1, 0.15) is 16.5 Å². The molecule has 0 aliphatic heterocycles. The first kappa shape index (κ1) is 24.9. The van der Waals surface area contributed by atoms with Crippen molar-refractivity contribution in [3.8, 4) is 5.75 Å². The van der Waals surface area contributed by atoms with Crippen molar-refractivity contribution in [3.63, 3.8) is 0 Å². The summed E-state index contributed by atoms with van der Waals surface area (Å²) in [6, 6.07) is 14.7. The highest BCUT2D eigenvalue weighted by molar-refractivity contribution is 7.89. The number of ether oxygens (including phenoxy) is 1. The molecule has 9 heteroatoms. The van der Waals surface area contributed by atoms with Gasteiger partial charge in [0.25, 0.3) is 5.91 Å². The SMILES string of the molecule is CCN(CC)S(=O)(=O)c1cc(C(=O)N(Cc2cccs2)Cc2ccccc2OC)ccc1F.